The maximum atomic E-state index is 13.8. The van der Waals surface area contributed by atoms with Crippen molar-refractivity contribution < 1.29 is 13.2 Å². The number of benzene rings is 1. The van der Waals surface area contributed by atoms with E-state index in [1.54, 1.807) is 29.6 Å². The normalized spacial score (nSPS) is 17.2. The molecule has 0 unspecified atom stereocenters. The molecule has 0 bridgehead atoms. The fraction of sp³-hybridized carbons (Fsp3) is 0.462. The van der Waals surface area contributed by atoms with Crippen molar-refractivity contribution in [2.75, 3.05) is 62.2 Å². The zero-order valence-electron chi connectivity index (χ0n) is 22.1. The number of aryl methyl sites for hydroxylation is 3. The molecule has 2 fully saturated rings. The first kappa shape index (κ1) is 26.1. The molecular formula is C26H34N8O3S. The Morgan fingerprint density at radius 3 is 2.24 bits per heavy atom. The monoisotopic (exact) mass is 538 g/mol. The zero-order chi connectivity index (χ0) is 26.9. The molecule has 11 nitrogen and oxygen atoms in total. The van der Waals surface area contributed by atoms with Crippen LogP contribution < -0.4 is 9.80 Å². The van der Waals surface area contributed by atoms with E-state index in [0.717, 1.165) is 5.69 Å². The predicted octanol–water partition coefficient (Wildman–Crippen LogP) is 1.78. The Bertz CT molecular complexity index is 1390. The summed E-state index contributed by atoms with van der Waals surface area (Å²) in [6.45, 7) is 10.3. The molecule has 2 aliphatic rings. The lowest BCUT2D eigenvalue weighted by atomic mass is 10.1. The van der Waals surface area contributed by atoms with Crippen LogP contribution in [0, 0.1) is 13.8 Å². The number of hydrogen-bond acceptors (Lipinski definition) is 8. The standard InChI is InChI=1S/C26H34N8O3S/c1-4-33-19-22(25(35)31-10-12-32(13-11-31)26-27-8-5-9-28-26)24(29-33)38(36,37)34-16-14-30(15-17-34)23-18-20(2)6-7-21(23)3/h5-9,18-19H,4,10-17H2,1-3H3. The summed E-state index contributed by atoms with van der Waals surface area (Å²) in [7, 11) is -3.95. The van der Waals surface area contributed by atoms with E-state index in [9.17, 15) is 13.2 Å². The number of aromatic nitrogens is 4. The maximum Gasteiger partial charge on any atom is 0.263 e. The van der Waals surface area contributed by atoms with Crippen molar-refractivity contribution in [2.24, 2.45) is 0 Å². The van der Waals surface area contributed by atoms with E-state index >= 15 is 0 Å². The summed E-state index contributed by atoms with van der Waals surface area (Å²) in [6.07, 6.45) is 4.95. The Morgan fingerprint density at radius 1 is 0.921 bits per heavy atom. The molecule has 5 rings (SSSR count). The number of anilines is 2. The van der Waals surface area contributed by atoms with Gasteiger partial charge >= 0.3 is 0 Å². The van der Waals surface area contributed by atoms with Gasteiger partial charge in [0.1, 0.15) is 0 Å². The SMILES string of the molecule is CCn1cc(C(=O)N2CCN(c3ncccn3)CC2)c(S(=O)(=O)N2CCN(c3cc(C)ccc3C)CC2)n1. The van der Waals surface area contributed by atoms with Gasteiger partial charge in [0.05, 0.1) is 5.56 Å². The van der Waals surface area contributed by atoms with E-state index in [-0.39, 0.29) is 16.5 Å². The molecule has 1 amide bonds. The average Bonchev–Trinajstić information content (AvgIpc) is 3.40. The minimum atomic E-state index is -3.95. The van der Waals surface area contributed by atoms with E-state index in [0.29, 0.717) is 64.9 Å². The van der Waals surface area contributed by atoms with Gasteiger partial charge in [0, 0.05) is 83.2 Å². The third-order valence-corrected chi connectivity index (χ3v) is 9.05. The van der Waals surface area contributed by atoms with E-state index in [2.05, 4.69) is 52.0 Å². The molecule has 0 saturated carbocycles. The minimum Gasteiger partial charge on any atom is -0.369 e. The van der Waals surface area contributed by atoms with Crippen LogP contribution in [0.1, 0.15) is 28.4 Å². The van der Waals surface area contributed by atoms with Crippen molar-refractivity contribution in [2.45, 2.75) is 32.3 Å². The van der Waals surface area contributed by atoms with Crippen LogP contribution in [0.2, 0.25) is 0 Å². The Balaban J connectivity index is 1.31. The molecule has 2 aromatic heterocycles. The molecule has 0 aliphatic carbocycles. The number of sulfonamides is 1. The summed E-state index contributed by atoms with van der Waals surface area (Å²) in [5.74, 6) is 0.313. The van der Waals surface area contributed by atoms with Crippen molar-refractivity contribution >= 4 is 27.6 Å². The highest BCUT2D eigenvalue weighted by atomic mass is 32.2. The van der Waals surface area contributed by atoms with Gasteiger partial charge in [-0.2, -0.15) is 9.40 Å². The van der Waals surface area contributed by atoms with Gasteiger partial charge < -0.3 is 14.7 Å². The van der Waals surface area contributed by atoms with Crippen LogP contribution in [0.5, 0.6) is 0 Å². The zero-order valence-corrected chi connectivity index (χ0v) is 22.9. The summed E-state index contributed by atoms with van der Waals surface area (Å²) >= 11 is 0. The van der Waals surface area contributed by atoms with Crippen LogP contribution in [0.3, 0.4) is 0 Å². The van der Waals surface area contributed by atoms with Crippen molar-refractivity contribution in [3.05, 3.63) is 59.5 Å². The molecule has 0 radical (unpaired) electrons. The fourth-order valence-electron chi connectivity index (χ4n) is 4.99. The van der Waals surface area contributed by atoms with Crippen molar-refractivity contribution in [3.63, 3.8) is 0 Å². The molecule has 202 valence electrons. The summed E-state index contributed by atoms with van der Waals surface area (Å²) < 4.78 is 30.5. The quantitative estimate of drug-likeness (QED) is 0.468. The number of carbonyl (C=O) groups excluding carboxylic acids is 1. The Hall–Kier alpha value is -3.51. The van der Waals surface area contributed by atoms with Crippen LogP contribution >= 0.6 is 0 Å². The molecule has 3 aromatic rings. The van der Waals surface area contributed by atoms with Gasteiger partial charge in [0.25, 0.3) is 15.9 Å². The molecule has 0 atom stereocenters. The van der Waals surface area contributed by atoms with Gasteiger partial charge in [-0.3, -0.25) is 9.48 Å². The lowest BCUT2D eigenvalue weighted by Gasteiger charge is -2.36. The van der Waals surface area contributed by atoms with Crippen molar-refractivity contribution in [1.29, 1.82) is 0 Å². The molecule has 1 aromatic carbocycles. The highest BCUT2D eigenvalue weighted by Gasteiger charge is 2.36. The first-order valence-corrected chi connectivity index (χ1v) is 14.4. The molecule has 38 heavy (non-hydrogen) atoms. The minimum absolute atomic E-state index is 0.133. The third-order valence-electron chi connectivity index (χ3n) is 7.21. The summed E-state index contributed by atoms with van der Waals surface area (Å²) in [5.41, 5.74) is 3.60. The topological polar surface area (TPSA) is 108 Å². The number of nitrogens with zero attached hydrogens (tertiary/aromatic N) is 8. The highest BCUT2D eigenvalue weighted by Crippen LogP contribution is 2.26. The van der Waals surface area contributed by atoms with Gasteiger partial charge in [-0.25, -0.2) is 18.4 Å². The molecule has 0 N–H and O–H groups in total. The Morgan fingerprint density at radius 2 is 1.58 bits per heavy atom. The lowest BCUT2D eigenvalue weighted by Crippen LogP contribution is -2.50. The largest absolute Gasteiger partial charge is 0.369 e. The molecule has 2 saturated heterocycles. The van der Waals surface area contributed by atoms with E-state index in [4.69, 9.17) is 0 Å². The number of amides is 1. The Kier molecular flexibility index (Phi) is 7.35. The van der Waals surface area contributed by atoms with Crippen LogP contribution in [-0.2, 0) is 16.6 Å². The molecule has 2 aliphatic heterocycles. The van der Waals surface area contributed by atoms with E-state index in [1.165, 1.54) is 20.1 Å². The second-order valence-electron chi connectivity index (χ2n) is 9.71. The number of carbonyl (C=O) groups is 1. The van der Waals surface area contributed by atoms with E-state index in [1.807, 2.05) is 11.8 Å². The van der Waals surface area contributed by atoms with Crippen LogP contribution in [0.15, 0.2) is 47.9 Å². The van der Waals surface area contributed by atoms with Crippen molar-refractivity contribution in [1.82, 2.24) is 29.0 Å². The lowest BCUT2D eigenvalue weighted by molar-refractivity contribution is 0.0742. The fourth-order valence-corrected chi connectivity index (χ4v) is 6.50. The first-order valence-electron chi connectivity index (χ1n) is 13.0. The molecule has 12 heteroatoms. The maximum absolute atomic E-state index is 13.8. The summed E-state index contributed by atoms with van der Waals surface area (Å²) in [6, 6.07) is 8.08. The number of piperazine rings is 2. The van der Waals surface area contributed by atoms with Gasteiger partial charge in [-0.1, -0.05) is 12.1 Å². The van der Waals surface area contributed by atoms with Gasteiger partial charge in [-0.15, -0.1) is 0 Å². The Labute approximate surface area is 223 Å². The number of hydrogen-bond donors (Lipinski definition) is 0. The van der Waals surface area contributed by atoms with Crippen LogP contribution in [0.25, 0.3) is 0 Å². The van der Waals surface area contributed by atoms with E-state index < -0.39 is 10.0 Å². The predicted molar refractivity (Wildman–Crippen MR) is 145 cm³/mol. The average molecular weight is 539 g/mol. The molecule has 0 spiro atoms. The highest BCUT2D eigenvalue weighted by molar-refractivity contribution is 7.89. The number of rotatable bonds is 6. The second-order valence-corrected chi connectivity index (χ2v) is 11.6. The first-order chi connectivity index (χ1) is 18.3. The molecular weight excluding hydrogens is 504 g/mol. The second kappa shape index (κ2) is 10.7. The smallest absolute Gasteiger partial charge is 0.263 e. The van der Waals surface area contributed by atoms with Crippen LogP contribution in [0.4, 0.5) is 11.6 Å². The van der Waals surface area contributed by atoms with Gasteiger partial charge in [0.15, 0.2) is 0 Å². The van der Waals surface area contributed by atoms with Crippen molar-refractivity contribution in [3.8, 4) is 0 Å². The van der Waals surface area contributed by atoms with Gasteiger partial charge in [0.2, 0.25) is 11.0 Å². The van der Waals surface area contributed by atoms with Gasteiger partial charge in [-0.05, 0) is 44.0 Å². The molecule has 4 heterocycles. The summed E-state index contributed by atoms with van der Waals surface area (Å²) in [5, 5.41) is 4.20. The van der Waals surface area contributed by atoms with Crippen LogP contribution in [-0.4, -0.2) is 95.6 Å². The summed E-state index contributed by atoms with van der Waals surface area (Å²) in [4.78, 5) is 28.1. The third kappa shape index (κ3) is 5.10.